The quantitative estimate of drug-likeness (QED) is 0.187. The third-order valence-electron chi connectivity index (χ3n) is 4.27. The van der Waals surface area contributed by atoms with Gasteiger partial charge in [0.25, 0.3) is 15.8 Å². The zero-order valence-electron chi connectivity index (χ0n) is 15.4. The smallest absolute Gasteiger partial charge is 0.341 e. The van der Waals surface area contributed by atoms with Crippen LogP contribution in [0, 0.1) is 10.1 Å². The molecule has 0 aliphatic heterocycles. The first-order valence-electron chi connectivity index (χ1n) is 8.54. The number of benzene rings is 2. The first-order valence-corrected chi connectivity index (χ1v) is 9.98. The van der Waals surface area contributed by atoms with Crippen LogP contribution in [0.5, 0.6) is 0 Å². The molecule has 13 nitrogen and oxygen atoms in total. The maximum atomic E-state index is 11.8. The van der Waals surface area contributed by atoms with Gasteiger partial charge >= 0.3 is 5.82 Å². The van der Waals surface area contributed by atoms with E-state index >= 15 is 0 Å². The molecule has 2 heterocycles. The molecule has 0 saturated heterocycles. The van der Waals surface area contributed by atoms with Crippen LogP contribution in [-0.2, 0) is 16.7 Å². The van der Waals surface area contributed by atoms with Crippen LogP contribution in [0.3, 0.4) is 0 Å². The molecule has 2 aromatic heterocycles. The van der Waals surface area contributed by atoms with Crippen LogP contribution in [0.15, 0.2) is 64.3 Å². The topological polar surface area (TPSA) is 178 Å². The van der Waals surface area contributed by atoms with E-state index in [4.69, 9.17) is 4.52 Å². The molecule has 4 rings (SSSR count). The number of tetrazole rings is 1. The minimum absolute atomic E-state index is 0.0152. The molecular weight excluding hydrogens is 432 g/mol. The first kappa shape index (κ1) is 20.3. The Morgan fingerprint density at radius 1 is 1.23 bits per heavy atom. The summed E-state index contributed by atoms with van der Waals surface area (Å²) < 4.78 is 38.0. The molecule has 0 amide bonds. The largest absolute Gasteiger partial charge is 0.392 e. The van der Waals surface area contributed by atoms with Crippen LogP contribution in [0.4, 0.5) is 5.69 Å². The lowest BCUT2D eigenvalue weighted by molar-refractivity contribution is -0.735. The Hall–Kier alpha value is -4.01. The van der Waals surface area contributed by atoms with Gasteiger partial charge in [-0.25, -0.2) is 0 Å². The molecule has 0 radical (unpaired) electrons. The van der Waals surface area contributed by atoms with E-state index in [-0.39, 0.29) is 28.3 Å². The number of hydrogen-bond acceptors (Lipinski definition) is 9. The molecule has 0 saturated carbocycles. The van der Waals surface area contributed by atoms with Crippen molar-refractivity contribution in [3.63, 3.8) is 0 Å². The van der Waals surface area contributed by atoms with Crippen molar-refractivity contribution in [2.45, 2.75) is 11.5 Å². The summed E-state index contributed by atoms with van der Waals surface area (Å²) in [6.45, 7) is -0.544. The Balaban J connectivity index is 1.98. The van der Waals surface area contributed by atoms with Crippen LogP contribution in [0.25, 0.3) is 22.8 Å². The first-order chi connectivity index (χ1) is 14.8. The van der Waals surface area contributed by atoms with Gasteiger partial charge in [0.15, 0.2) is 17.6 Å². The lowest BCUT2D eigenvalue weighted by Gasteiger charge is -2.03. The highest BCUT2D eigenvalue weighted by Gasteiger charge is 2.30. The lowest BCUT2D eigenvalue weighted by Crippen LogP contribution is -2.44. The van der Waals surface area contributed by atoms with Crippen molar-refractivity contribution in [3.05, 3.63) is 70.6 Å². The van der Waals surface area contributed by atoms with Crippen LogP contribution < -0.4 is 4.80 Å². The summed E-state index contributed by atoms with van der Waals surface area (Å²) in [6, 6.07) is 9.34. The summed E-state index contributed by atoms with van der Waals surface area (Å²) in [5.74, 6) is -0.0864. The maximum absolute atomic E-state index is 11.8. The highest BCUT2D eigenvalue weighted by Crippen LogP contribution is 2.25. The number of nitrogens with zero attached hydrogens (tertiary/aromatic N) is 6. The number of nitro benzene ring substituents is 1. The van der Waals surface area contributed by atoms with Crippen molar-refractivity contribution < 1.29 is 32.3 Å². The average Bonchev–Trinajstić information content (AvgIpc) is 3.42. The van der Waals surface area contributed by atoms with Gasteiger partial charge in [-0.1, -0.05) is 17.3 Å². The van der Waals surface area contributed by atoms with Crippen LogP contribution in [0.1, 0.15) is 5.56 Å². The van der Waals surface area contributed by atoms with E-state index in [1.807, 2.05) is 0 Å². The van der Waals surface area contributed by atoms with E-state index in [1.54, 1.807) is 6.07 Å². The fourth-order valence-electron chi connectivity index (χ4n) is 2.90. The predicted octanol–water partition coefficient (Wildman–Crippen LogP) is 0.846. The second-order valence-electron chi connectivity index (χ2n) is 6.18. The van der Waals surface area contributed by atoms with E-state index in [2.05, 4.69) is 15.4 Å². The summed E-state index contributed by atoms with van der Waals surface area (Å²) in [6.07, 6.45) is 2.56. The molecule has 0 bridgehead atoms. The summed E-state index contributed by atoms with van der Waals surface area (Å²) >= 11 is 0. The monoisotopic (exact) mass is 445 g/mol. The molecule has 4 aromatic rings. The molecule has 2 N–H and O–H groups in total. The van der Waals surface area contributed by atoms with Gasteiger partial charge in [0, 0.05) is 22.5 Å². The van der Waals surface area contributed by atoms with Gasteiger partial charge in [0.05, 0.1) is 22.2 Å². The molecule has 2 aromatic carbocycles. The zero-order chi connectivity index (χ0) is 22.2. The van der Waals surface area contributed by atoms with E-state index in [1.165, 1.54) is 58.5 Å². The number of aromatic nitrogens is 5. The molecule has 14 heteroatoms. The number of non-ortho nitro benzene ring substituents is 1. The molecule has 0 aliphatic carbocycles. The predicted molar refractivity (Wildman–Crippen MR) is 101 cm³/mol. The molecule has 158 valence electrons. The van der Waals surface area contributed by atoms with Gasteiger partial charge in [0.2, 0.25) is 0 Å². The molecule has 0 atom stereocenters. The van der Waals surface area contributed by atoms with Gasteiger partial charge in [-0.2, -0.15) is 8.42 Å². The number of aliphatic hydroxyl groups excluding tert-OH is 1. The Labute approximate surface area is 173 Å². The normalized spacial score (nSPS) is 11.5. The van der Waals surface area contributed by atoms with E-state index in [0.717, 1.165) is 0 Å². The standard InChI is InChI=1S/C17H12N6O7S/c24-9-11-7-12(23(25)26)5-6-15(11)22-20-17(19-21(22)13-8-18-30-10-13)14-3-1-2-4-16(14)31(27,28)29/h1-8,10,24H,9H2/p+1. The van der Waals surface area contributed by atoms with Gasteiger partial charge in [-0.05, 0) is 28.1 Å². The number of hydrogen-bond donors (Lipinski definition) is 2. The minimum atomic E-state index is -4.58. The summed E-state index contributed by atoms with van der Waals surface area (Å²) in [5, 5.41) is 33.0. The van der Waals surface area contributed by atoms with E-state index < -0.39 is 26.5 Å². The minimum Gasteiger partial charge on any atom is -0.392 e. The van der Waals surface area contributed by atoms with Gasteiger partial charge in [-0.3, -0.25) is 14.7 Å². The zero-order valence-corrected chi connectivity index (χ0v) is 16.2. The Morgan fingerprint density at radius 3 is 2.65 bits per heavy atom. The Morgan fingerprint density at radius 2 is 2.00 bits per heavy atom. The van der Waals surface area contributed by atoms with Crippen molar-refractivity contribution in [1.29, 1.82) is 0 Å². The highest BCUT2D eigenvalue weighted by molar-refractivity contribution is 7.86. The van der Waals surface area contributed by atoms with Crippen LogP contribution >= 0.6 is 0 Å². The Kier molecular flexibility index (Phi) is 5.02. The lowest BCUT2D eigenvalue weighted by atomic mass is 10.1. The van der Waals surface area contributed by atoms with E-state index in [0.29, 0.717) is 5.69 Å². The van der Waals surface area contributed by atoms with Crippen molar-refractivity contribution in [3.8, 4) is 22.8 Å². The summed E-state index contributed by atoms with van der Waals surface area (Å²) in [4.78, 5) is 12.5. The molecule has 31 heavy (non-hydrogen) atoms. The SMILES string of the molecule is O=[N+]([O-])c1ccc(-[n+]2nc(-c3ccccc3S(=O)(=O)O)nn2-c2cnoc2)c(CO)c1. The van der Waals surface area contributed by atoms with Gasteiger partial charge < -0.3 is 9.63 Å². The van der Waals surface area contributed by atoms with E-state index in [9.17, 15) is 28.2 Å². The maximum Gasteiger partial charge on any atom is 0.341 e. The van der Waals surface area contributed by atoms with Crippen molar-refractivity contribution >= 4 is 15.8 Å². The Bertz CT molecular complexity index is 1380. The third kappa shape index (κ3) is 3.77. The van der Waals surface area contributed by atoms with Crippen molar-refractivity contribution in [2.75, 3.05) is 0 Å². The van der Waals surface area contributed by atoms with Crippen LogP contribution in [0.2, 0.25) is 0 Å². The molecule has 0 fully saturated rings. The third-order valence-corrected chi connectivity index (χ3v) is 5.19. The second-order valence-corrected chi connectivity index (χ2v) is 7.57. The number of nitro groups is 1. The van der Waals surface area contributed by atoms with Gasteiger partial charge in [-0.15, -0.1) is 0 Å². The van der Waals surface area contributed by atoms with Crippen molar-refractivity contribution in [1.82, 2.24) is 20.2 Å². The average molecular weight is 445 g/mol. The molecular formula is C17H13N6O7S+. The number of rotatable bonds is 6. The molecule has 0 aliphatic rings. The number of aliphatic hydroxyl groups is 1. The van der Waals surface area contributed by atoms with Crippen LogP contribution in [-0.4, -0.2) is 43.2 Å². The highest BCUT2D eigenvalue weighted by atomic mass is 32.2. The fourth-order valence-corrected chi connectivity index (χ4v) is 3.58. The van der Waals surface area contributed by atoms with Crippen molar-refractivity contribution in [2.24, 2.45) is 0 Å². The van der Waals surface area contributed by atoms with Gasteiger partial charge in [0.1, 0.15) is 11.1 Å². The summed E-state index contributed by atoms with van der Waals surface area (Å²) in [5.41, 5.74) is 0.476. The second kappa shape index (κ2) is 7.67. The molecule has 0 unspecified atom stereocenters. The summed E-state index contributed by atoms with van der Waals surface area (Å²) in [7, 11) is -4.58. The fraction of sp³-hybridized carbons (Fsp3) is 0.0588. The molecule has 0 spiro atoms.